The first-order valence-electron chi connectivity index (χ1n) is 6.14. The molecule has 0 spiro atoms. The van der Waals surface area contributed by atoms with Crippen molar-refractivity contribution in [2.75, 3.05) is 12.4 Å². The fourth-order valence-corrected chi connectivity index (χ4v) is 2.18. The number of esters is 1. The van der Waals surface area contributed by atoms with E-state index in [0.717, 1.165) is 0 Å². The van der Waals surface area contributed by atoms with Crippen molar-refractivity contribution in [2.24, 2.45) is 0 Å². The molecule has 0 amide bonds. The van der Waals surface area contributed by atoms with Gasteiger partial charge in [0.25, 0.3) is 5.69 Å². The highest BCUT2D eigenvalue weighted by molar-refractivity contribution is 6.31. The van der Waals surface area contributed by atoms with Gasteiger partial charge in [0.2, 0.25) is 0 Å². The minimum atomic E-state index is -1.04. The predicted octanol–water partition coefficient (Wildman–Crippen LogP) is 3.39. The molecule has 110 valence electrons. The molecule has 0 bridgehead atoms. The second-order valence-corrected chi connectivity index (χ2v) is 5.05. The van der Waals surface area contributed by atoms with Gasteiger partial charge in [-0.3, -0.25) is 10.1 Å². The number of ether oxygens (including phenoxy) is 1. The number of rotatable bonds is 6. The molecule has 20 heavy (non-hydrogen) atoms. The number of hydrogen-bond acceptors (Lipinski definition) is 5. The highest BCUT2D eigenvalue weighted by Crippen LogP contribution is 2.31. The van der Waals surface area contributed by atoms with Crippen molar-refractivity contribution in [1.29, 1.82) is 0 Å². The molecule has 1 rings (SSSR count). The molecule has 0 aliphatic rings. The lowest BCUT2D eigenvalue weighted by Crippen LogP contribution is -2.44. The van der Waals surface area contributed by atoms with Crippen LogP contribution in [0.25, 0.3) is 0 Å². The predicted molar refractivity (Wildman–Crippen MR) is 77.1 cm³/mol. The van der Waals surface area contributed by atoms with E-state index in [2.05, 4.69) is 5.32 Å². The highest BCUT2D eigenvalue weighted by atomic mass is 35.5. The molecule has 0 aromatic heterocycles. The number of methoxy groups -OCH3 is 1. The number of nitrogens with zero attached hydrogens (tertiary/aromatic N) is 1. The SMILES string of the molecule is CCCC(C)(Nc1cc(Cl)ccc1[N+](=O)[O-])C(=O)OC. The number of hydrogen-bond donors (Lipinski definition) is 1. The molecule has 0 aliphatic heterocycles. The molecule has 1 N–H and O–H groups in total. The Hall–Kier alpha value is -1.82. The third-order valence-electron chi connectivity index (χ3n) is 2.95. The van der Waals surface area contributed by atoms with E-state index in [1.165, 1.54) is 25.3 Å². The van der Waals surface area contributed by atoms with Crippen molar-refractivity contribution in [2.45, 2.75) is 32.2 Å². The Bertz CT molecular complexity index is 521. The maximum absolute atomic E-state index is 11.9. The van der Waals surface area contributed by atoms with Gasteiger partial charge in [0.1, 0.15) is 11.2 Å². The summed E-state index contributed by atoms with van der Waals surface area (Å²) in [5.74, 6) is -0.478. The van der Waals surface area contributed by atoms with Crippen LogP contribution in [0.15, 0.2) is 18.2 Å². The maximum atomic E-state index is 11.9. The Morgan fingerprint density at radius 3 is 2.70 bits per heavy atom. The minimum Gasteiger partial charge on any atom is -0.467 e. The molecule has 0 heterocycles. The van der Waals surface area contributed by atoms with Gasteiger partial charge in [0.15, 0.2) is 0 Å². The standard InChI is InChI=1S/C13H17ClN2O4/c1-4-7-13(2,12(17)20-3)15-10-8-9(14)5-6-11(10)16(18)19/h5-6,8,15H,4,7H2,1-3H3. The van der Waals surface area contributed by atoms with Crippen molar-refractivity contribution in [3.63, 3.8) is 0 Å². The number of carbonyl (C=O) groups is 1. The summed E-state index contributed by atoms with van der Waals surface area (Å²) in [7, 11) is 1.28. The van der Waals surface area contributed by atoms with Gasteiger partial charge < -0.3 is 10.1 Å². The van der Waals surface area contributed by atoms with E-state index in [4.69, 9.17) is 16.3 Å². The molecule has 7 heteroatoms. The fourth-order valence-electron chi connectivity index (χ4n) is 2.01. The van der Waals surface area contributed by atoms with Crippen LogP contribution >= 0.6 is 11.6 Å². The lowest BCUT2D eigenvalue weighted by atomic mass is 9.95. The zero-order valence-corrected chi connectivity index (χ0v) is 12.4. The van der Waals surface area contributed by atoms with Crippen LogP contribution in [0, 0.1) is 10.1 Å². The summed E-state index contributed by atoms with van der Waals surface area (Å²) in [6.45, 7) is 3.56. The molecule has 0 saturated carbocycles. The van der Waals surface area contributed by atoms with E-state index in [0.29, 0.717) is 17.9 Å². The number of carbonyl (C=O) groups excluding carboxylic acids is 1. The zero-order chi connectivity index (χ0) is 15.3. The number of nitro groups is 1. The van der Waals surface area contributed by atoms with E-state index < -0.39 is 16.4 Å². The van der Waals surface area contributed by atoms with Gasteiger partial charge in [0.05, 0.1) is 12.0 Å². The van der Waals surface area contributed by atoms with Gasteiger partial charge in [-0.2, -0.15) is 0 Å². The second kappa shape index (κ2) is 6.56. The molecular formula is C13H17ClN2O4. The van der Waals surface area contributed by atoms with E-state index in [1.807, 2.05) is 6.92 Å². The average molecular weight is 301 g/mol. The molecule has 0 aliphatic carbocycles. The smallest absolute Gasteiger partial charge is 0.331 e. The van der Waals surface area contributed by atoms with Crippen LogP contribution < -0.4 is 5.32 Å². The summed E-state index contributed by atoms with van der Waals surface area (Å²) in [5.41, 5.74) is -0.983. The third kappa shape index (κ3) is 3.60. The summed E-state index contributed by atoms with van der Waals surface area (Å²) in [5, 5.41) is 14.3. The number of nitro benzene ring substituents is 1. The normalized spacial score (nSPS) is 13.4. The molecule has 1 aromatic rings. The molecule has 1 aromatic carbocycles. The Morgan fingerprint density at radius 1 is 1.55 bits per heavy atom. The Labute approximate surface area is 122 Å². The number of nitrogens with one attached hydrogen (secondary N) is 1. The van der Waals surface area contributed by atoms with Crippen LogP contribution in [-0.4, -0.2) is 23.5 Å². The van der Waals surface area contributed by atoms with Gasteiger partial charge >= 0.3 is 5.97 Å². The summed E-state index contributed by atoms with van der Waals surface area (Å²) >= 11 is 5.86. The van der Waals surface area contributed by atoms with Crippen molar-refractivity contribution in [1.82, 2.24) is 0 Å². The van der Waals surface area contributed by atoms with Crippen LogP contribution in [0.4, 0.5) is 11.4 Å². The first-order valence-corrected chi connectivity index (χ1v) is 6.52. The Morgan fingerprint density at radius 2 is 2.20 bits per heavy atom. The third-order valence-corrected chi connectivity index (χ3v) is 3.19. The van der Waals surface area contributed by atoms with Crippen molar-refractivity contribution in [3.8, 4) is 0 Å². The quantitative estimate of drug-likeness (QED) is 0.495. The minimum absolute atomic E-state index is 0.138. The summed E-state index contributed by atoms with van der Waals surface area (Å²) in [4.78, 5) is 22.4. The largest absolute Gasteiger partial charge is 0.467 e. The van der Waals surface area contributed by atoms with Crippen LogP contribution in [0.5, 0.6) is 0 Å². The maximum Gasteiger partial charge on any atom is 0.331 e. The van der Waals surface area contributed by atoms with E-state index in [9.17, 15) is 14.9 Å². The van der Waals surface area contributed by atoms with Crippen molar-refractivity contribution >= 4 is 28.9 Å². The molecule has 0 radical (unpaired) electrons. The van der Waals surface area contributed by atoms with Gasteiger partial charge in [-0.15, -0.1) is 0 Å². The average Bonchev–Trinajstić information content (AvgIpc) is 2.37. The molecule has 0 saturated heterocycles. The Balaban J connectivity index is 3.20. The number of benzene rings is 1. The van der Waals surface area contributed by atoms with Gasteiger partial charge in [-0.1, -0.05) is 24.9 Å². The monoisotopic (exact) mass is 300 g/mol. The van der Waals surface area contributed by atoms with Crippen molar-refractivity contribution < 1.29 is 14.5 Å². The summed E-state index contributed by atoms with van der Waals surface area (Å²) in [6.07, 6.45) is 1.19. The van der Waals surface area contributed by atoms with E-state index in [-0.39, 0.29) is 11.4 Å². The van der Waals surface area contributed by atoms with E-state index in [1.54, 1.807) is 6.92 Å². The second-order valence-electron chi connectivity index (χ2n) is 4.62. The van der Waals surface area contributed by atoms with Gasteiger partial charge in [-0.05, 0) is 25.5 Å². The summed E-state index contributed by atoms with van der Waals surface area (Å²) < 4.78 is 4.77. The lowest BCUT2D eigenvalue weighted by Gasteiger charge is -2.28. The molecule has 0 fully saturated rings. The molecular weight excluding hydrogens is 284 g/mol. The van der Waals surface area contributed by atoms with Crippen molar-refractivity contribution in [3.05, 3.63) is 33.3 Å². The fraction of sp³-hybridized carbons (Fsp3) is 0.462. The van der Waals surface area contributed by atoms with Crippen LogP contribution in [-0.2, 0) is 9.53 Å². The van der Waals surface area contributed by atoms with Crippen LogP contribution in [0.2, 0.25) is 5.02 Å². The van der Waals surface area contributed by atoms with Gasteiger partial charge in [0, 0.05) is 11.1 Å². The highest BCUT2D eigenvalue weighted by Gasteiger charge is 2.35. The topological polar surface area (TPSA) is 81.5 Å². The molecule has 1 atom stereocenters. The zero-order valence-electron chi connectivity index (χ0n) is 11.6. The molecule has 6 nitrogen and oxygen atoms in total. The number of halogens is 1. The molecule has 1 unspecified atom stereocenters. The van der Waals surface area contributed by atoms with E-state index >= 15 is 0 Å². The van der Waals surface area contributed by atoms with Gasteiger partial charge in [-0.25, -0.2) is 4.79 Å². The Kier molecular flexibility index (Phi) is 5.33. The van der Waals surface area contributed by atoms with Crippen LogP contribution in [0.3, 0.4) is 0 Å². The first kappa shape index (κ1) is 16.2. The lowest BCUT2D eigenvalue weighted by molar-refractivity contribution is -0.384. The summed E-state index contributed by atoms with van der Waals surface area (Å²) in [6, 6.07) is 4.16. The van der Waals surface area contributed by atoms with Crippen LogP contribution in [0.1, 0.15) is 26.7 Å². The number of anilines is 1. The first-order chi connectivity index (χ1) is 9.34.